The number of ketones is 1. The summed E-state index contributed by atoms with van der Waals surface area (Å²) in [6.45, 7) is 6.10. The zero-order chi connectivity index (χ0) is 25.7. The second-order valence-corrected chi connectivity index (χ2v) is 6.74. The van der Waals surface area contributed by atoms with Crippen molar-refractivity contribution < 1.29 is 23.9 Å². The Kier molecular flexibility index (Phi) is 12.1. The molecule has 34 heavy (non-hydrogen) atoms. The van der Waals surface area contributed by atoms with E-state index < -0.39 is 17.7 Å². The number of primary amides is 1. The zero-order valence-electron chi connectivity index (χ0n) is 20.4. The summed E-state index contributed by atoms with van der Waals surface area (Å²) in [5.41, 5.74) is 10.2. The lowest BCUT2D eigenvalue weighted by Crippen LogP contribution is -2.24. The van der Waals surface area contributed by atoms with Gasteiger partial charge in [0.05, 0.1) is 23.6 Å². The Balaban J connectivity index is 0.00000107. The summed E-state index contributed by atoms with van der Waals surface area (Å²) >= 11 is 0. The fourth-order valence-corrected chi connectivity index (χ4v) is 3.42. The summed E-state index contributed by atoms with van der Waals surface area (Å²) in [7, 11) is 2.92. The average molecular weight is 471 g/mol. The van der Waals surface area contributed by atoms with E-state index >= 15 is 0 Å². The number of hydrogen-bond donors (Lipinski definition) is 3. The number of Topliss-reactive ketones (excluding diaryl/α,β-unsaturated/α-hetero) is 1. The Morgan fingerprint density at radius 3 is 2.18 bits per heavy atom. The van der Waals surface area contributed by atoms with E-state index in [2.05, 4.69) is 16.0 Å². The van der Waals surface area contributed by atoms with Crippen LogP contribution in [0.4, 0.5) is 0 Å². The lowest BCUT2D eigenvalue weighted by Gasteiger charge is -2.11. The van der Waals surface area contributed by atoms with Crippen LogP contribution in [-0.4, -0.2) is 43.0 Å². The van der Waals surface area contributed by atoms with E-state index in [4.69, 9.17) is 10.5 Å². The van der Waals surface area contributed by atoms with Crippen LogP contribution in [0.15, 0.2) is 48.5 Å². The van der Waals surface area contributed by atoms with Gasteiger partial charge in [0, 0.05) is 12.2 Å². The SMILES string of the molecule is CC.CCc1c(C(=O)C(N)=O)c2c(OCC(=O)OC)cccc2n1Cc1ccccc1.CNN. The standard InChI is InChI=1S/C22H22N2O5.C2H6.CH6N2/c1-3-15-20(21(26)22(23)27)19-16(24(15)12-14-8-5-4-6-9-14)10-7-11-17(19)29-13-18(25)28-2;1-2;1-3-2/h4-11H,3,12-13H2,1-2H3,(H2,23,27);1-2H3;3H,2H2,1H3. The van der Waals surface area contributed by atoms with Gasteiger partial charge < -0.3 is 19.8 Å². The highest BCUT2D eigenvalue weighted by molar-refractivity contribution is 6.45. The number of carbonyl (C=O) groups is 3. The molecule has 9 nitrogen and oxygen atoms in total. The molecule has 1 amide bonds. The third kappa shape index (κ3) is 6.90. The second-order valence-electron chi connectivity index (χ2n) is 6.74. The third-order valence-electron chi connectivity index (χ3n) is 4.70. The predicted molar refractivity (Wildman–Crippen MR) is 132 cm³/mol. The number of methoxy groups -OCH3 is 1. The molecule has 0 aliphatic carbocycles. The molecule has 3 rings (SSSR count). The van der Waals surface area contributed by atoms with Crippen LogP contribution in [0.3, 0.4) is 0 Å². The van der Waals surface area contributed by atoms with Gasteiger partial charge in [0.2, 0.25) is 0 Å². The van der Waals surface area contributed by atoms with Crippen molar-refractivity contribution in [3.63, 3.8) is 0 Å². The minimum Gasteiger partial charge on any atom is -0.481 e. The van der Waals surface area contributed by atoms with Crippen molar-refractivity contribution in [2.75, 3.05) is 20.8 Å². The highest BCUT2D eigenvalue weighted by atomic mass is 16.6. The first kappa shape index (κ1) is 28.3. The molecule has 0 unspecified atom stereocenters. The van der Waals surface area contributed by atoms with Gasteiger partial charge >= 0.3 is 5.97 Å². The number of carbonyl (C=O) groups excluding carboxylic acids is 3. The first-order valence-corrected chi connectivity index (χ1v) is 11.0. The molecule has 0 fully saturated rings. The Bertz CT molecular complexity index is 1090. The quantitative estimate of drug-likeness (QED) is 0.151. The molecule has 0 aliphatic heterocycles. The van der Waals surface area contributed by atoms with E-state index in [9.17, 15) is 14.4 Å². The number of nitrogens with one attached hydrogen (secondary N) is 1. The largest absolute Gasteiger partial charge is 0.481 e. The molecule has 1 aromatic heterocycles. The molecule has 0 radical (unpaired) electrons. The molecule has 2 aromatic carbocycles. The maximum atomic E-state index is 12.7. The maximum absolute atomic E-state index is 12.7. The van der Waals surface area contributed by atoms with E-state index in [-0.39, 0.29) is 12.2 Å². The minimum atomic E-state index is -1.04. The fraction of sp³-hybridized carbons (Fsp3) is 0.320. The predicted octanol–water partition coefficient (Wildman–Crippen LogP) is 2.58. The van der Waals surface area contributed by atoms with Crippen LogP contribution in [0.5, 0.6) is 5.75 Å². The van der Waals surface area contributed by atoms with Gasteiger partial charge in [0.1, 0.15) is 5.75 Å². The summed E-state index contributed by atoms with van der Waals surface area (Å²) in [6.07, 6.45) is 0.506. The van der Waals surface area contributed by atoms with Crippen molar-refractivity contribution in [2.24, 2.45) is 11.6 Å². The maximum Gasteiger partial charge on any atom is 0.343 e. The molecule has 0 saturated heterocycles. The van der Waals surface area contributed by atoms with Crippen molar-refractivity contribution in [3.05, 3.63) is 65.4 Å². The summed E-state index contributed by atoms with van der Waals surface area (Å²) in [4.78, 5) is 36.0. The molecule has 3 aromatic rings. The van der Waals surface area contributed by atoms with Gasteiger partial charge in [-0.2, -0.15) is 0 Å². The number of amides is 1. The number of fused-ring (bicyclic) bond motifs is 1. The topological polar surface area (TPSA) is 139 Å². The number of esters is 1. The van der Waals surface area contributed by atoms with Gasteiger partial charge in [-0.15, -0.1) is 0 Å². The Labute approximate surface area is 200 Å². The van der Waals surface area contributed by atoms with Gasteiger partial charge in [0.25, 0.3) is 11.7 Å². The van der Waals surface area contributed by atoms with Crippen molar-refractivity contribution in [1.82, 2.24) is 9.99 Å². The van der Waals surface area contributed by atoms with Crippen molar-refractivity contribution >= 4 is 28.6 Å². The van der Waals surface area contributed by atoms with Crippen LogP contribution in [0, 0.1) is 0 Å². The van der Waals surface area contributed by atoms with Gasteiger partial charge in [-0.3, -0.25) is 20.9 Å². The Hall–Kier alpha value is -3.69. The summed E-state index contributed by atoms with van der Waals surface area (Å²) in [6, 6.07) is 15.0. The van der Waals surface area contributed by atoms with Crippen LogP contribution in [-0.2, 0) is 27.3 Å². The van der Waals surface area contributed by atoms with E-state index in [0.717, 1.165) is 11.1 Å². The molecule has 0 bridgehead atoms. The third-order valence-corrected chi connectivity index (χ3v) is 4.70. The molecule has 0 aliphatic rings. The van der Waals surface area contributed by atoms with Crippen LogP contribution in [0.25, 0.3) is 10.9 Å². The zero-order valence-corrected chi connectivity index (χ0v) is 20.4. The van der Waals surface area contributed by atoms with Gasteiger partial charge in [-0.05, 0) is 31.2 Å². The number of nitrogens with two attached hydrogens (primary N) is 2. The summed E-state index contributed by atoms with van der Waals surface area (Å²) in [5, 5.41) is 0.466. The molecular weight excluding hydrogens is 436 g/mol. The lowest BCUT2D eigenvalue weighted by atomic mass is 10.0. The highest BCUT2D eigenvalue weighted by Crippen LogP contribution is 2.35. The smallest absolute Gasteiger partial charge is 0.343 e. The van der Waals surface area contributed by atoms with E-state index in [1.54, 1.807) is 19.2 Å². The highest BCUT2D eigenvalue weighted by Gasteiger charge is 2.27. The number of aromatic nitrogens is 1. The average Bonchev–Trinajstić information content (AvgIpc) is 3.17. The van der Waals surface area contributed by atoms with E-state index in [1.807, 2.05) is 61.7 Å². The minimum absolute atomic E-state index is 0.214. The normalized spacial score (nSPS) is 9.82. The molecule has 5 N–H and O–H groups in total. The van der Waals surface area contributed by atoms with E-state index in [0.29, 0.717) is 29.8 Å². The molecule has 0 spiro atoms. The number of benzene rings is 2. The molecule has 184 valence electrons. The van der Waals surface area contributed by atoms with Crippen LogP contribution in [0.2, 0.25) is 0 Å². The first-order chi connectivity index (χ1) is 16.4. The van der Waals surface area contributed by atoms with Gasteiger partial charge in [0.15, 0.2) is 6.61 Å². The molecule has 0 saturated carbocycles. The number of hydrazine groups is 1. The van der Waals surface area contributed by atoms with Gasteiger partial charge in [-0.25, -0.2) is 4.79 Å². The Morgan fingerprint density at radius 2 is 1.65 bits per heavy atom. The number of nitrogens with zero attached hydrogens (tertiary/aromatic N) is 1. The fourth-order valence-electron chi connectivity index (χ4n) is 3.42. The van der Waals surface area contributed by atoms with Crippen LogP contribution < -0.4 is 21.7 Å². The lowest BCUT2D eigenvalue weighted by molar-refractivity contribution is -0.142. The molecule has 0 atom stereocenters. The van der Waals surface area contributed by atoms with Crippen molar-refractivity contribution in [1.29, 1.82) is 0 Å². The van der Waals surface area contributed by atoms with Gasteiger partial charge in [-0.1, -0.05) is 57.2 Å². The number of rotatable bonds is 8. The molecular formula is C25H34N4O5. The van der Waals surface area contributed by atoms with Crippen molar-refractivity contribution in [3.8, 4) is 5.75 Å². The monoisotopic (exact) mass is 470 g/mol. The molecule has 1 heterocycles. The van der Waals surface area contributed by atoms with E-state index in [1.165, 1.54) is 7.11 Å². The molecule has 9 heteroatoms. The van der Waals surface area contributed by atoms with Crippen LogP contribution >= 0.6 is 0 Å². The van der Waals surface area contributed by atoms with Crippen LogP contribution in [0.1, 0.15) is 42.4 Å². The van der Waals surface area contributed by atoms with Crippen molar-refractivity contribution in [2.45, 2.75) is 33.7 Å². The first-order valence-electron chi connectivity index (χ1n) is 11.0. The second kappa shape index (κ2) is 14.5. The Morgan fingerprint density at radius 1 is 1.03 bits per heavy atom. The number of ether oxygens (including phenoxy) is 2. The summed E-state index contributed by atoms with van der Waals surface area (Å²) in [5.74, 6) is 2.54. The number of hydrogen-bond acceptors (Lipinski definition) is 7. The summed E-state index contributed by atoms with van der Waals surface area (Å²) < 4.78 is 12.2.